The minimum atomic E-state index is -0.645. The fourth-order valence-electron chi connectivity index (χ4n) is 0.803. The maximum Gasteiger partial charge on any atom is 0.119 e. The summed E-state index contributed by atoms with van der Waals surface area (Å²) in [5.41, 5.74) is 0. The Morgan fingerprint density at radius 3 is 2.46 bits per heavy atom. The maximum atomic E-state index is 9.07. The Labute approximate surface area is 78.4 Å². The number of aliphatic hydroxyl groups is 1. The first kappa shape index (κ1) is 9.93. The van der Waals surface area contributed by atoms with Crippen LogP contribution in [-0.2, 0) is 0 Å². The highest BCUT2D eigenvalue weighted by Crippen LogP contribution is 2.15. The van der Waals surface area contributed by atoms with Crippen LogP contribution in [0.2, 0.25) is 6.32 Å². The molecule has 0 saturated carbocycles. The van der Waals surface area contributed by atoms with Gasteiger partial charge in [0.1, 0.15) is 18.1 Å². The average molecular weight is 178 g/mol. The van der Waals surface area contributed by atoms with Gasteiger partial charge in [-0.25, -0.2) is 0 Å². The van der Waals surface area contributed by atoms with Crippen molar-refractivity contribution in [3.63, 3.8) is 0 Å². The average Bonchev–Trinajstić information content (AvgIpc) is 2.16. The van der Waals surface area contributed by atoms with E-state index >= 15 is 0 Å². The molecule has 3 nitrogen and oxygen atoms in total. The van der Waals surface area contributed by atoms with Gasteiger partial charge in [0.2, 0.25) is 0 Å². The van der Waals surface area contributed by atoms with Crippen LogP contribution in [-0.4, -0.2) is 30.8 Å². The molecule has 13 heavy (non-hydrogen) atoms. The van der Waals surface area contributed by atoms with E-state index in [4.69, 9.17) is 22.8 Å². The second-order valence-corrected chi connectivity index (χ2v) is 2.69. The molecule has 0 aromatic heterocycles. The SMILES string of the molecule is [B]CC(O)COc1ccc(O)cc1. The molecular weight excluding hydrogens is 167 g/mol. The van der Waals surface area contributed by atoms with Gasteiger partial charge in [0.05, 0.1) is 14.0 Å². The highest BCUT2D eigenvalue weighted by molar-refractivity contribution is 6.08. The summed E-state index contributed by atoms with van der Waals surface area (Å²) in [5.74, 6) is 0.789. The Morgan fingerprint density at radius 1 is 1.31 bits per heavy atom. The Balaban J connectivity index is 2.41. The van der Waals surface area contributed by atoms with Gasteiger partial charge in [-0.05, 0) is 24.3 Å². The topological polar surface area (TPSA) is 49.7 Å². The minimum Gasteiger partial charge on any atom is -0.508 e. The van der Waals surface area contributed by atoms with Crippen molar-refractivity contribution in [3.05, 3.63) is 24.3 Å². The summed E-state index contributed by atoms with van der Waals surface area (Å²) in [6, 6.07) is 6.28. The van der Waals surface area contributed by atoms with Crippen molar-refractivity contribution in [2.75, 3.05) is 6.61 Å². The molecule has 0 saturated heterocycles. The molecule has 1 aromatic rings. The molecule has 0 fully saturated rings. The molecular formula is C9H11BO3. The van der Waals surface area contributed by atoms with Gasteiger partial charge in [-0.15, -0.1) is 0 Å². The number of ether oxygens (including phenoxy) is 1. The van der Waals surface area contributed by atoms with Gasteiger partial charge in [0.25, 0.3) is 0 Å². The van der Waals surface area contributed by atoms with Gasteiger partial charge in [-0.1, -0.05) is 6.32 Å². The number of phenols is 1. The van der Waals surface area contributed by atoms with E-state index in [2.05, 4.69) is 0 Å². The zero-order chi connectivity index (χ0) is 9.68. The van der Waals surface area contributed by atoms with Gasteiger partial charge >= 0.3 is 0 Å². The van der Waals surface area contributed by atoms with Crippen molar-refractivity contribution in [3.8, 4) is 11.5 Å². The molecule has 0 heterocycles. The smallest absolute Gasteiger partial charge is 0.119 e. The van der Waals surface area contributed by atoms with Gasteiger partial charge < -0.3 is 14.9 Å². The summed E-state index contributed by atoms with van der Waals surface area (Å²) in [6.07, 6.45) is -0.466. The van der Waals surface area contributed by atoms with Gasteiger partial charge in [-0.3, -0.25) is 0 Å². The molecule has 1 aromatic carbocycles. The van der Waals surface area contributed by atoms with Crippen LogP contribution in [0.3, 0.4) is 0 Å². The molecule has 0 spiro atoms. The standard InChI is InChI=1S/C9H11BO3/c10-5-8(12)6-13-9-3-1-7(11)2-4-9/h1-4,8,11-12H,5-6H2. The predicted octanol–water partition coefficient (Wildman–Crippen LogP) is 0.719. The van der Waals surface area contributed by atoms with Gasteiger partial charge in [0, 0.05) is 0 Å². The number of benzene rings is 1. The van der Waals surface area contributed by atoms with E-state index in [-0.39, 0.29) is 18.7 Å². The summed E-state index contributed by atoms with van der Waals surface area (Å²) < 4.78 is 5.17. The Bertz CT molecular complexity index is 248. The third kappa shape index (κ3) is 3.38. The van der Waals surface area contributed by atoms with Crippen LogP contribution >= 0.6 is 0 Å². The van der Waals surface area contributed by atoms with E-state index in [1.165, 1.54) is 12.1 Å². The molecule has 0 amide bonds. The lowest BCUT2D eigenvalue weighted by Gasteiger charge is -2.09. The number of hydrogen-bond acceptors (Lipinski definition) is 3. The first-order valence-electron chi connectivity index (χ1n) is 4.02. The summed E-state index contributed by atoms with van der Waals surface area (Å²) in [5, 5.41) is 18.0. The lowest BCUT2D eigenvalue weighted by Crippen LogP contribution is -2.16. The number of phenolic OH excluding ortho intramolecular Hbond substituents is 1. The fraction of sp³-hybridized carbons (Fsp3) is 0.333. The molecule has 1 unspecified atom stereocenters. The summed E-state index contributed by atoms with van der Waals surface area (Å²) in [6.45, 7) is 0.168. The normalized spacial score (nSPS) is 12.4. The van der Waals surface area contributed by atoms with Crippen molar-refractivity contribution in [2.45, 2.75) is 12.4 Å². The highest BCUT2D eigenvalue weighted by Gasteiger charge is 2.00. The van der Waals surface area contributed by atoms with E-state index in [9.17, 15) is 0 Å². The second kappa shape index (κ2) is 4.77. The summed E-state index contributed by atoms with van der Waals surface area (Å²) in [7, 11) is 5.19. The minimum absolute atomic E-state index is 0.168. The fourth-order valence-corrected chi connectivity index (χ4v) is 0.803. The van der Waals surface area contributed by atoms with Crippen LogP contribution in [0.5, 0.6) is 11.5 Å². The number of rotatable bonds is 4. The van der Waals surface area contributed by atoms with Crippen molar-refractivity contribution >= 4 is 7.85 Å². The van der Waals surface area contributed by atoms with Crippen molar-refractivity contribution in [1.82, 2.24) is 0 Å². The van der Waals surface area contributed by atoms with Crippen LogP contribution in [0.15, 0.2) is 24.3 Å². The molecule has 0 aliphatic rings. The summed E-state index contributed by atoms with van der Waals surface area (Å²) in [4.78, 5) is 0. The van der Waals surface area contributed by atoms with Crippen LogP contribution in [0.1, 0.15) is 0 Å². The van der Waals surface area contributed by atoms with Gasteiger partial charge in [-0.2, -0.15) is 0 Å². The van der Waals surface area contributed by atoms with Crippen LogP contribution < -0.4 is 4.74 Å². The van der Waals surface area contributed by atoms with Crippen molar-refractivity contribution < 1.29 is 14.9 Å². The van der Waals surface area contributed by atoms with Crippen molar-refractivity contribution in [1.29, 1.82) is 0 Å². The number of aromatic hydroxyl groups is 1. The lowest BCUT2D eigenvalue weighted by atomic mass is 10.0. The molecule has 0 aliphatic carbocycles. The Hall–Kier alpha value is -1.16. The molecule has 2 radical (unpaired) electrons. The highest BCUT2D eigenvalue weighted by atomic mass is 16.5. The third-order valence-electron chi connectivity index (χ3n) is 1.55. The monoisotopic (exact) mass is 178 g/mol. The van der Waals surface area contributed by atoms with Crippen LogP contribution in [0, 0.1) is 0 Å². The van der Waals surface area contributed by atoms with Gasteiger partial charge in [0.15, 0.2) is 0 Å². The zero-order valence-corrected chi connectivity index (χ0v) is 7.18. The first-order chi connectivity index (χ1) is 6.22. The van der Waals surface area contributed by atoms with E-state index in [0.717, 1.165) is 0 Å². The molecule has 0 bridgehead atoms. The molecule has 1 rings (SSSR count). The largest absolute Gasteiger partial charge is 0.508 e. The van der Waals surface area contributed by atoms with E-state index in [1.54, 1.807) is 12.1 Å². The van der Waals surface area contributed by atoms with Crippen LogP contribution in [0.4, 0.5) is 0 Å². The lowest BCUT2D eigenvalue weighted by molar-refractivity contribution is 0.123. The Morgan fingerprint density at radius 2 is 1.92 bits per heavy atom. The molecule has 2 N–H and O–H groups in total. The van der Waals surface area contributed by atoms with Crippen LogP contribution in [0.25, 0.3) is 0 Å². The number of hydrogen-bond donors (Lipinski definition) is 2. The molecule has 0 aliphatic heterocycles. The van der Waals surface area contributed by atoms with Crippen molar-refractivity contribution in [2.24, 2.45) is 0 Å². The third-order valence-corrected chi connectivity index (χ3v) is 1.55. The first-order valence-corrected chi connectivity index (χ1v) is 4.02. The van der Waals surface area contributed by atoms with E-state index < -0.39 is 6.10 Å². The quantitative estimate of drug-likeness (QED) is 0.667. The zero-order valence-electron chi connectivity index (χ0n) is 7.18. The number of aliphatic hydroxyl groups excluding tert-OH is 1. The molecule has 4 heteroatoms. The van der Waals surface area contributed by atoms with E-state index in [1.807, 2.05) is 0 Å². The molecule has 1 atom stereocenters. The maximum absolute atomic E-state index is 9.07. The second-order valence-electron chi connectivity index (χ2n) is 2.69. The summed E-state index contributed by atoms with van der Waals surface area (Å²) >= 11 is 0. The van der Waals surface area contributed by atoms with E-state index in [0.29, 0.717) is 5.75 Å². The Kier molecular flexibility index (Phi) is 3.64. The predicted molar refractivity (Wildman–Crippen MR) is 50.2 cm³/mol. The molecule has 68 valence electrons.